The van der Waals surface area contributed by atoms with Crippen molar-refractivity contribution >= 4 is 17.2 Å². The van der Waals surface area contributed by atoms with Crippen molar-refractivity contribution in [2.24, 2.45) is 5.92 Å². The molecular weight excluding hydrogens is 180 g/mol. The second-order valence-corrected chi connectivity index (χ2v) is 4.31. The Kier molecular flexibility index (Phi) is 3.48. The maximum atomic E-state index is 7.78. The van der Waals surface area contributed by atoms with E-state index in [-0.39, 0.29) is 0 Å². The van der Waals surface area contributed by atoms with Crippen LogP contribution < -0.4 is 0 Å². The predicted octanol–water partition coefficient (Wildman–Crippen LogP) is 2.81. The fourth-order valence-corrected chi connectivity index (χ4v) is 1.84. The molecule has 1 aromatic rings. The molecule has 0 saturated heterocycles. The predicted molar refractivity (Wildman–Crippen MR) is 58.4 cm³/mol. The van der Waals surface area contributed by atoms with Crippen LogP contribution >= 0.6 is 11.3 Å². The lowest BCUT2D eigenvalue weighted by Crippen LogP contribution is -2.29. The first-order chi connectivity index (χ1) is 6.11. The number of hydrogen-bond donors (Lipinski definition) is 1. The van der Waals surface area contributed by atoms with E-state index >= 15 is 0 Å². The van der Waals surface area contributed by atoms with Gasteiger partial charge in [-0.05, 0) is 22.4 Å². The molecule has 0 aliphatic rings. The zero-order chi connectivity index (χ0) is 9.84. The van der Waals surface area contributed by atoms with E-state index in [1.807, 2.05) is 25.8 Å². The van der Waals surface area contributed by atoms with Crippen LogP contribution in [0, 0.1) is 11.3 Å². The summed E-state index contributed by atoms with van der Waals surface area (Å²) in [5.41, 5.74) is 1.29. The summed E-state index contributed by atoms with van der Waals surface area (Å²) >= 11 is 1.70. The van der Waals surface area contributed by atoms with Gasteiger partial charge < -0.3 is 4.90 Å². The Morgan fingerprint density at radius 1 is 1.62 bits per heavy atom. The van der Waals surface area contributed by atoms with E-state index in [0.29, 0.717) is 11.8 Å². The Morgan fingerprint density at radius 2 is 2.31 bits per heavy atom. The smallest absolute Gasteiger partial charge is 0.0984 e. The third-order valence-electron chi connectivity index (χ3n) is 1.96. The molecule has 0 unspecified atom stereocenters. The van der Waals surface area contributed by atoms with Gasteiger partial charge in [-0.15, -0.1) is 0 Å². The first-order valence-corrected chi connectivity index (χ1v) is 5.36. The van der Waals surface area contributed by atoms with Crippen molar-refractivity contribution in [3.63, 3.8) is 0 Å². The molecule has 13 heavy (non-hydrogen) atoms. The zero-order valence-corrected chi connectivity index (χ0v) is 9.19. The highest BCUT2D eigenvalue weighted by atomic mass is 32.1. The molecule has 1 N–H and O–H groups in total. The van der Waals surface area contributed by atoms with Crippen LogP contribution in [0.3, 0.4) is 0 Å². The van der Waals surface area contributed by atoms with Gasteiger partial charge in [0.15, 0.2) is 0 Å². The van der Waals surface area contributed by atoms with Crippen LogP contribution in [0.1, 0.15) is 19.4 Å². The first-order valence-electron chi connectivity index (χ1n) is 4.42. The minimum atomic E-state index is 0.309. The minimum absolute atomic E-state index is 0.309. The highest BCUT2D eigenvalue weighted by Crippen LogP contribution is 2.10. The van der Waals surface area contributed by atoms with Crippen LogP contribution in [0.4, 0.5) is 0 Å². The van der Waals surface area contributed by atoms with E-state index in [4.69, 9.17) is 5.41 Å². The third-order valence-corrected chi connectivity index (χ3v) is 2.69. The fourth-order valence-electron chi connectivity index (χ4n) is 1.18. The van der Waals surface area contributed by atoms with Gasteiger partial charge in [0.1, 0.15) is 0 Å². The summed E-state index contributed by atoms with van der Waals surface area (Å²) in [6.07, 6.45) is 0. The summed E-state index contributed by atoms with van der Waals surface area (Å²) < 4.78 is 0. The summed E-state index contributed by atoms with van der Waals surface area (Å²) in [5, 5.41) is 12.0. The van der Waals surface area contributed by atoms with E-state index in [0.717, 1.165) is 6.54 Å². The number of hydrogen-bond acceptors (Lipinski definition) is 2. The lowest BCUT2D eigenvalue weighted by Gasteiger charge is -2.21. The molecule has 0 fully saturated rings. The summed E-state index contributed by atoms with van der Waals surface area (Å²) in [7, 11) is 1.97. The molecule has 0 radical (unpaired) electrons. The van der Waals surface area contributed by atoms with Gasteiger partial charge in [-0.1, -0.05) is 13.8 Å². The monoisotopic (exact) mass is 196 g/mol. The topological polar surface area (TPSA) is 27.1 Å². The molecule has 0 spiro atoms. The van der Waals surface area contributed by atoms with Gasteiger partial charge in [0.2, 0.25) is 0 Å². The van der Waals surface area contributed by atoms with Gasteiger partial charge in [0, 0.05) is 19.5 Å². The molecule has 0 aliphatic carbocycles. The Labute approximate surface area is 83.7 Å². The summed E-state index contributed by atoms with van der Waals surface area (Å²) in [5.74, 6) is 1.01. The van der Waals surface area contributed by atoms with Crippen molar-refractivity contribution < 1.29 is 0 Å². The number of rotatable bonds is 3. The van der Waals surface area contributed by atoms with Gasteiger partial charge in [-0.25, -0.2) is 0 Å². The van der Waals surface area contributed by atoms with Crippen molar-refractivity contribution in [3.05, 3.63) is 22.4 Å². The zero-order valence-electron chi connectivity index (χ0n) is 8.37. The maximum absolute atomic E-state index is 7.78. The lowest BCUT2D eigenvalue weighted by molar-refractivity contribution is 0.469. The average molecular weight is 196 g/mol. The van der Waals surface area contributed by atoms with Gasteiger partial charge in [-0.2, -0.15) is 11.3 Å². The molecule has 0 amide bonds. The summed E-state index contributed by atoms with van der Waals surface area (Å²) in [6.45, 7) is 4.94. The van der Waals surface area contributed by atoms with Crippen LogP contribution in [-0.4, -0.2) is 17.8 Å². The second-order valence-electron chi connectivity index (χ2n) is 3.53. The standard InChI is InChI=1S/C10H16N2S/c1-8(2)10(11)12(3)6-9-4-5-13-7-9/h4-5,7-8,11H,6H2,1-3H3. The van der Waals surface area contributed by atoms with Crippen molar-refractivity contribution in [3.8, 4) is 0 Å². The van der Waals surface area contributed by atoms with Crippen LogP contribution in [-0.2, 0) is 6.54 Å². The van der Waals surface area contributed by atoms with E-state index < -0.39 is 0 Å². The quantitative estimate of drug-likeness (QED) is 0.584. The van der Waals surface area contributed by atoms with Crippen molar-refractivity contribution in [2.45, 2.75) is 20.4 Å². The first kappa shape index (κ1) is 10.3. The molecule has 1 aromatic heterocycles. The second kappa shape index (κ2) is 4.42. The molecule has 1 heterocycles. The van der Waals surface area contributed by atoms with Crippen molar-refractivity contribution in [1.29, 1.82) is 5.41 Å². The number of nitrogens with zero attached hydrogens (tertiary/aromatic N) is 1. The average Bonchev–Trinajstić information content (AvgIpc) is 2.55. The van der Waals surface area contributed by atoms with Crippen LogP contribution in [0.5, 0.6) is 0 Å². The molecule has 0 bridgehead atoms. The number of nitrogens with one attached hydrogen (secondary N) is 1. The summed E-state index contributed by atoms with van der Waals surface area (Å²) in [4.78, 5) is 1.99. The van der Waals surface area contributed by atoms with Gasteiger partial charge in [0.05, 0.1) is 5.84 Å². The molecule has 0 saturated carbocycles. The van der Waals surface area contributed by atoms with E-state index in [9.17, 15) is 0 Å². The number of amidine groups is 1. The normalized spacial score (nSPS) is 10.5. The van der Waals surface area contributed by atoms with E-state index in [2.05, 4.69) is 16.8 Å². The highest BCUT2D eigenvalue weighted by molar-refractivity contribution is 7.07. The molecular formula is C10H16N2S. The molecule has 0 aliphatic heterocycles. The number of thiophene rings is 1. The Hall–Kier alpha value is -0.830. The molecule has 0 aromatic carbocycles. The van der Waals surface area contributed by atoms with E-state index in [1.165, 1.54) is 5.56 Å². The van der Waals surface area contributed by atoms with Gasteiger partial charge in [0.25, 0.3) is 0 Å². The summed E-state index contributed by atoms with van der Waals surface area (Å²) in [6, 6.07) is 2.11. The fraction of sp³-hybridized carbons (Fsp3) is 0.500. The lowest BCUT2D eigenvalue weighted by atomic mass is 10.2. The Balaban J connectivity index is 2.51. The van der Waals surface area contributed by atoms with E-state index in [1.54, 1.807) is 11.3 Å². The Morgan fingerprint density at radius 3 is 2.77 bits per heavy atom. The largest absolute Gasteiger partial charge is 0.359 e. The molecule has 1 rings (SSSR count). The van der Waals surface area contributed by atoms with Crippen LogP contribution in [0.2, 0.25) is 0 Å². The molecule has 2 nitrogen and oxygen atoms in total. The molecule has 3 heteroatoms. The van der Waals surface area contributed by atoms with Crippen LogP contribution in [0.25, 0.3) is 0 Å². The van der Waals surface area contributed by atoms with Crippen LogP contribution in [0.15, 0.2) is 16.8 Å². The van der Waals surface area contributed by atoms with Crippen molar-refractivity contribution in [1.82, 2.24) is 4.90 Å². The Bertz CT molecular complexity index is 264. The van der Waals surface area contributed by atoms with Gasteiger partial charge >= 0.3 is 0 Å². The van der Waals surface area contributed by atoms with Gasteiger partial charge in [-0.3, -0.25) is 5.41 Å². The van der Waals surface area contributed by atoms with Crippen molar-refractivity contribution in [2.75, 3.05) is 7.05 Å². The maximum Gasteiger partial charge on any atom is 0.0984 e. The highest BCUT2D eigenvalue weighted by Gasteiger charge is 2.08. The molecule has 72 valence electrons. The minimum Gasteiger partial charge on any atom is -0.359 e. The molecule has 0 atom stereocenters. The third kappa shape index (κ3) is 2.84. The SMILES string of the molecule is CC(C)C(=N)N(C)Cc1ccsc1.